The van der Waals surface area contributed by atoms with E-state index in [0.29, 0.717) is 5.56 Å². The molecule has 0 N–H and O–H groups in total. The first kappa shape index (κ1) is 34.2. The monoisotopic (exact) mass is 771 g/mol. The van der Waals surface area contributed by atoms with Gasteiger partial charge in [0.25, 0.3) is 0 Å². The molecule has 2 aromatic heterocycles. The smallest absolute Gasteiger partial charge is 0.0992 e. The molecule has 0 atom stereocenters. The van der Waals surface area contributed by atoms with E-state index in [9.17, 15) is 5.26 Å². The van der Waals surface area contributed by atoms with E-state index in [2.05, 4.69) is 194 Å². The largest absolute Gasteiger partial charge is 0.192 e. The third-order valence-electron chi connectivity index (χ3n) is 11.3. The van der Waals surface area contributed by atoms with Gasteiger partial charge in [-0.05, 0) is 121 Å². The molecular formula is C55H33NS2. The molecule has 0 spiro atoms. The van der Waals surface area contributed by atoms with Crippen LogP contribution in [-0.2, 0) is 0 Å². The Balaban J connectivity index is 0.968. The molecule has 1 nitrogen and oxygen atoms in total. The molecule has 11 aromatic rings. The minimum Gasteiger partial charge on any atom is -0.192 e. The second-order valence-corrected chi connectivity index (χ2v) is 16.9. The standard InChI is InChI=1S/C55H33NS2/c56-34-35-27-41(31-44(28-35)46-17-9-19-50-48-15-4-6-21-52(48)57-54(46)50)40-14-8-13-39(29-40)37-23-25-38(26-24-37)43-30-42(36-11-2-1-3-12-36)32-45(33-43)47-18-10-20-51-49-16-5-7-22-53(49)58-55(47)51/h1-33H. The molecule has 270 valence electrons. The van der Waals surface area contributed by atoms with Gasteiger partial charge in [0.2, 0.25) is 0 Å². The fourth-order valence-corrected chi connectivity index (χ4v) is 10.9. The first-order chi connectivity index (χ1) is 28.7. The maximum Gasteiger partial charge on any atom is 0.0992 e. The van der Waals surface area contributed by atoms with E-state index in [1.807, 2.05) is 34.8 Å². The van der Waals surface area contributed by atoms with Gasteiger partial charge in [-0.1, -0.05) is 146 Å². The van der Waals surface area contributed by atoms with Gasteiger partial charge >= 0.3 is 0 Å². The van der Waals surface area contributed by atoms with Gasteiger partial charge in [0.1, 0.15) is 0 Å². The Hall–Kier alpha value is -7.09. The van der Waals surface area contributed by atoms with Crippen molar-refractivity contribution < 1.29 is 0 Å². The number of fused-ring (bicyclic) bond motifs is 6. The third-order valence-corrected chi connectivity index (χ3v) is 13.7. The van der Waals surface area contributed by atoms with Crippen molar-refractivity contribution in [1.29, 1.82) is 5.26 Å². The quantitative estimate of drug-likeness (QED) is 0.165. The molecule has 2 heterocycles. The Morgan fingerprint density at radius 3 is 1.26 bits per heavy atom. The second kappa shape index (κ2) is 14.1. The molecule has 0 amide bonds. The summed E-state index contributed by atoms with van der Waals surface area (Å²) in [6, 6.07) is 74.5. The van der Waals surface area contributed by atoms with Gasteiger partial charge in [0.15, 0.2) is 0 Å². The number of rotatable bonds is 6. The van der Waals surface area contributed by atoms with Crippen LogP contribution in [0.15, 0.2) is 200 Å². The Morgan fingerprint density at radius 2 is 0.672 bits per heavy atom. The highest BCUT2D eigenvalue weighted by atomic mass is 32.1. The maximum absolute atomic E-state index is 10.2. The lowest BCUT2D eigenvalue weighted by molar-refractivity contribution is 1.48. The Labute approximate surface area is 345 Å². The molecule has 11 rings (SSSR count). The van der Waals surface area contributed by atoms with Crippen LogP contribution in [0.2, 0.25) is 0 Å². The lowest BCUT2D eigenvalue weighted by atomic mass is 9.91. The number of hydrogen-bond donors (Lipinski definition) is 0. The van der Waals surface area contributed by atoms with Crippen molar-refractivity contribution in [1.82, 2.24) is 0 Å². The number of nitrogens with zero attached hydrogens (tertiary/aromatic N) is 1. The van der Waals surface area contributed by atoms with Crippen LogP contribution in [0.5, 0.6) is 0 Å². The lowest BCUT2D eigenvalue weighted by Crippen LogP contribution is -1.88. The summed E-state index contributed by atoms with van der Waals surface area (Å²) in [6.07, 6.45) is 0. The zero-order valence-corrected chi connectivity index (χ0v) is 32.9. The van der Waals surface area contributed by atoms with Gasteiger partial charge in [-0.3, -0.25) is 0 Å². The molecule has 0 aliphatic rings. The van der Waals surface area contributed by atoms with Gasteiger partial charge in [-0.25, -0.2) is 0 Å². The highest BCUT2D eigenvalue weighted by Gasteiger charge is 2.15. The molecule has 0 aliphatic heterocycles. The molecule has 0 radical (unpaired) electrons. The highest BCUT2D eigenvalue weighted by Crippen LogP contribution is 2.43. The lowest BCUT2D eigenvalue weighted by Gasteiger charge is -2.13. The predicted octanol–water partition coefficient (Wildman–Crippen LogP) is 16.3. The summed E-state index contributed by atoms with van der Waals surface area (Å²) in [4.78, 5) is 0. The molecule has 58 heavy (non-hydrogen) atoms. The van der Waals surface area contributed by atoms with Gasteiger partial charge in [-0.2, -0.15) is 5.26 Å². The molecule has 0 saturated carbocycles. The summed E-state index contributed by atoms with van der Waals surface area (Å²) in [5.74, 6) is 0. The van der Waals surface area contributed by atoms with Crippen molar-refractivity contribution in [2.75, 3.05) is 0 Å². The summed E-state index contributed by atoms with van der Waals surface area (Å²) in [6.45, 7) is 0. The summed E-state index contributed by atoms with van der Waals surface area (Å²) >= 11 is 3.69. The molecule has 9 aromatic carbocycles. The van der Waals surface area contributed by atoms with Crippen molar-refractivity contribution in [3.63, 3.8) is 0 Å². The summed E-state index contributed by atoms with van der Waals surface area (Å²) < 4.78 is 5.15. The zero-order chi connectivity index (χ0) is 38.6. The summed E-state index contributed by atoms with van der Waals surface area (Å²) in [7, 11) is 0. The van der Waals surface area contributed by atoms with Gasteiger partial charge in [0, 0.05) is 40.3 Å². The van der Waals surface area contributed by atoms with E-state index < -0.39 is 0 Å². The number of hydrogen-bond acceptors (Lipinski definition) is 3. The molecule has 0 unspecified atom stereocenters. The van der Waals surface area contributed by atoms with E-state index in [0.717, 1.165) is 33.4 Å². The third kappa shape index (κ3) is 5.99. The van der Waals surface area contributed by atoms with Crippen molar-refractivity contribution in [2.24, 2.45) is 0 Å². The van der Waals surface area contributed by atoms with Crippen LogP contribution in [0.25, 0.3) is 107 Å². The van der Waals surface area contributed by atoms with E-state index in [1.165, 1.54) is 73.7 Å². The normalized spacial score (nSPS) is 11.4. The highest BCUT2D eigenvalue weighted by molar-refractivity contribution is 7.26. The van der Waals surface area contributed by atoms with E-state index >= 15 is 0 Å². The van der Waals surface area contributed by atoms with Crippen LogP contribution in [0.1, 0.15) is 5.56 Å². The van der Waals surface area contributed by atoms with Crippen molar-refractivity contribution in [2.45, 2.75) is 0 Å². The van der Waals surface area contributed by atoms with Crippen LogP contribution < -0.4 is 0 Å². The fourth-order valence-electron chi connectivity index (χ4n) is 8.44. The first-order valence-corrected chi connectivity index (χ1v) is 21.1. The van der Waals surface area contributed by atoms with E-state index in [-0.39, 0.29) is 0 Å². The van der Waals surface area contributed by atoms with Crippen LogP contribution in [0.3, 0.4) is 0 Å². The van der Waals surface area contributed by atoms with E-state index in [1.54, 1.807) is 0 Å². The van der Waals surface area contributed by atoms with Gasteiger partial charge in [0.05, 0.1) is 11.6 Å². The first-order valence-electron chi connectivity index (χ1n) is 19.5. The molecule has 3 heteroatoms. The van der Waals surface area contributed by atoms with Gasteiger partial charge < -0.3 is 0 Å². The number of thiophene rings is 2. The van der Waals surface area contributed by atoms with Gasteiger partial charge in [-0.15, -0.1) is 22.7 Å². The minimum atomic E-state index is 0.654. The topological polar surface area (TPSA) is 23.8 Å². The Kier molecular flexibility index (Phi) is 8.33. The number of nitriles is 1. The summed E-state index contributed by atoms with van der Waals surface area (Å²) in [5, 5.41) is 15.3. The van der Waals surface area contributed by atoms with E-state index in [4.69, 9.17) is 0 Å². The van der Waals surface area contributed by atoms with Crippen LogP contribution in [-0.4, -0.2) is 0 Å². The van der Waals surface area contributed by atoms with Crippen molar-refractivity contribution in [3.8, 4) is 72.8 Å². The average molecular weight is 772 g/mol. The second-order valence-electron chi connectivity index (χ2n) is 14.8. The SMILES string of the molecule is N#Cc1cc(-c2cccc(-c3ccc(-c4cc(-c5ccccc5)cc(-c5cccc6c5sc5ccccc56)c4)cc3)c2)cc(-c2cccc3c2sc2ccccc23)c1. The molecule has 0 saturated heterocycles. The van der Waals surface area contributed by atoms with Crippen LogP contribution in [0, 0.1) is 11.3 Å². The Bertz CT molecular complexity index is 3400. The predicted molar refractivity (Wildman–Crippen MR) is 250 cm³/mol. The average Bonchev–Trinajstić information content (AvgIpc) is 3.88. The van der Waals surface area contributed by atoms with Crippen molar-refractivity contribution >= 4 is 63.0 Å². The minimum absolute atomic E-state index is 0.654. The van der Waals surface area contributed by atoms with Crippen LogP contribution >= 0.6 is 22.7 Å². The molecule has 0 aliphatic carbocycles. The fraction of sp³-hybridized carbons (Fsp3) is 0. The summed E-state index contributed by atoms with van der Waals surface area (Å²) in [5.41, 5.74) is 14.5. The van der Waals surface area contributed by atoms with Crippen LogP contribution in [0.4, 0.5) is 0 Å². The number of benzene rings is 9. The molecule has 0 bridgehead atoms. The van der Waals surface area contributed by atoms with Crippen molar-refractivity contribution in [3.05, 3.63) is 206 Å². The Morgan fingerprint density at radius 1 is 0.293 bits per heavy atom. The maximum atomic E-state index is 10.2. The molecular weight excluding hydrogens is 739 g/mol. The molecule has 0 fully saturated rings. The zero-order valence-electron chi connectivity index (χ0n) is 31.3.